The molecule has 4 heterocycles. The summed E-state index contributed by atoms with van der Waals surface area (Å²) in [7, 11) is 0. The zero-order valence-electron chi connectivity index (χ0n) is 33.7. The first kappa shape index (κ1) is 35.6. The molecule has 5 nitrogen and oxygen atoms in total. The van der Waals surface area contributed by atoms with Gasteiger partial charge in [-0.15, -0.1) is 11.3 Å². The van der Waals surface area contributed by atoms with Gasteiger partial charge in [-0.05, 0) is 59.2 Å². The average molecular weight is 823 g/mol. The molecular weight excluding hydrogens is 789 g/mol. The van der Waals surface area contributed by atoms with Gasteiger partial charge in [-0.25, -0.2) is 15.0 Å². The van der Waals surface area contributed by atoms with Crippen LogP contribution in [0.5, 0.6) is 0 Å². The highest BCUT2D eigenvalue weighted by Gasteiger charge is 2.22. The van der Waals surface area contributed by atoms with E-state index >= 15 is 0 Å². The SMILES string of the molecule is c1ccc(-c2ccc(-c3nc(-c4ccc5c(c4)sc4ccccc45)nc(-c4cccc5c4oc4cccc(-c6ccccc6-n6c7ccccc7c7ccccc76)c45)n3)cc2)cc1. The Hall–Kier alpha value is -8.19. The number of aromatic nitrogens is 4. The van der Waals surface area contributed by atoms with Crippen molar-refractivity contribution in [3.8, 4) is 62.1 Å². The van der Waals surface area contributed by atoms with E-state index in [1.54, 1.807) is 11.3 Å². The number of hydrogen-bond donors (Lipinski definition) is 0. The second-order valence-corrected chi connectivity index (χ2v) is 17.0. The van der Waals surface area contributed by atoms with Gasteiger partial charge >= 0.3 is 0 Å². The fourth-order valence-electron chi connectivity index (χ4n) is 9.39. The van der Waals surface area contributed by atoms with Gasteiger partial charge in [-0.2, -0.15) is 0 Å². The first-order valence-corrected chi connectivity index (χ1v) is 21.9. The van der Waals surface area contributed by atoms with Crippen LogP contribution in [-0.4, -0.2) is 19.5 Å². The molecule has 0 fully saturated rings. The van der Waals surface area contributed by atoms with E-state index in [0.29, 0.717) is 17.5 Å². The lowest BCUT2D eigenvalue weighted by Gasteiger charge is -2.14. The third kappa shape index (κ3) is 5.73. The van der Waals surface area contributed by atoms with Crippen molar-refractivity contribution in [2.45, 2.75) is 0 Å². The van der Waals surface area contributed by atoms with Crippen molar-refractivity contribution in [1.29, 1.82) is 0 Å². The largest absolute Gasteiger partial charge is 0.455 e. The number of benzene rings is 9. The Kier molecular flexibility index (Phi) is 8.01. The minimum absolute atomic E-state index is 0.551. The smallest absolute Gasteiger partial charge is 0.167 e. The Morgan fingerprint density at radius 3 is 1.73 bits per heavy atom. The summed E-state index contributed by atoms with van der Waals surface area (Å²) < 4.78 is 11.8. The van der Waals surface area contributed by atoms with E-state index in [0.717, 1.165) is 66.6 Å². The number of nitrogens with zero attached hydrogens (tertiary/aromatic N) is 4. The number of hydrogen-bond acceptors (Lipinski definition) is 5. The van der Waals surface area contributed by atoms with E-state index < -0.39 is 0 Å². The van der Waals surface area contributed by atoms with Crippen molar-refractivity contribution in [1.82, 2.24) is 19.5 Å². The van der Waals surface area contributed by atoms with Crippen molar-refractivity contribution >= 4 is 75.3 Å². The van der Waals surface area contributed by atoms with Crippen LogP contribution in [0.25, 0.3) is 126 Å². The van der Waals surface area contributed by atoms with Gasteiger partial charge in [-0.1, -0.05) is 164 Å². The summed E-state index contributed by atoms with van der Waals surface area (Å²) in [6.07, 6.45) is 0. The second kappa shape index (κ2) is 14.2. The van der Waals surface area contributed by atoms with E-state index in [1.165, 1.54) is 42.0 Å². The van der Waals surface area contributed by atoms with Gasteiger partial charge in [-0.3, -0.25) is 0 Å². The third-order valence-corrected chi connectivity index (χ3v) is 13.4. The minimum atomic E-state index is 0.551. The Bertz CT molecular complexity index is 3860. The average Bonchev–Trinajstić information content (AvgIpc) is 4.04. The first-order chi connectivity index (χ1) is 31.2. The molecule has 0 amide bonds. The van der Waals surface area contributed by atoms with Crippen molar-refractivity contribution < 1.29 is 4.42 Å². The molecule has 13 aromatic rings. The van der Waals surface area contributed by atoms with Crippen molar-refractivity contribution in [2.75, 3.05) is 0 Å². The van der Waals surface area contributed by atoms with Crippen molar-refractivity contribution in [3.05, 3.63) is 206 Å². The Morgan fingerprint density at radius 1 is 0.365 bits per heavy atom. The van der Waals surface area contributed by atoms with Gasteiger partial charge in [0, 0.05) is 58.4 Å². The van der Waals surface area contributed by atoms with Gasteiger partial charge in [0.1, 0.15) is 11.2 Å². The van der Waals surface area contributed by atoms with Gasteiger partial charge in [0.2, 0.25) is 0 Å². The molecule has 0 saturated carbocycles. The molecule has 0 bridgehead atoms. The van der Waals surface area contributed by atoms with Crippen LogP contribution in [0, 0.1) is 0 Å². The van der Waals surface area contributed by atoms with Gasteiger partial charge in [0.05, 0.1) is 22.3 Å². The Morgan fingerprint density at radius 2 is 0.921 bits per heavy atom. The minimum Gasteiger partial charge on any atom is -0.455 e. The van der Waals surface area contributed by atoms with Gasteiger partial charge in [0.25, 0.3) is 0 Å². The maximum atomic E-state index is 6.91. The highest BCUT2D eigenvalue weighted by atomic mass is 32.1. The lowest BCUT2D eigenvalue weighted by atomic mass is 9.97. The summed E-state index contributed by atoms with van der Waals surface area (Å²) in [4.78, 5) is 15.6. The summed E-state index contributed by atoms with van der Waals surface area (Å²) in [6.45, 7) is 0. The molecule has 0 aliphatic carbocycles. The summed E-state index contributed by atoms with van der Waals surface area (Å²) in [5.74, 6) is 1.76. The highest BCUT2D eigenvalue weighted by Crippen LogP contribution is 2.44. The van der Waals surface area contributed by atoms with Crippen LogP contribution in [-0.2, 0) is 0 Å². The molecule has 294 valence electrons. The van der Waals surface area contributed by atoms with Crippen LogP contribution in [0.4, 0.5) is 0 Å². The maximum absolute atomic E-state index is 6.91. The van der Waals surface area contributed by atoms with E-state index in [2.05, 4.69) is 205 Å². The number of furan rings is 1. The molecule has 0 aliphatic rings. The lowest BCUT2D eigenvalue weighted by Crippen LogP contribution is -2.00. The zero-order chi connectivity index (χ0) is 41.4. The van der Waals surface area contributed by atoms with Crippen molar-refractivity contribution in [3.63, 3.8) is 0 Å². The highest BCUT2D eigenvalue weighted by molar-refractivity contribution is 7.25. The molecule has 0 atom stereocenters. The van der Waals surface area contributed by atoms with E-state index in [1.807, 2.05) is 6.07 Å². The van der Waals surface area contributed by atoms with Crippen LogP contribution in [0.1, 0.15) is 0 Å². The molecule has 0 saturated heterocycles. The quantitative estimate of drug-likeness (QED) is 0.168. The standard InChI is InChI=1S/C57H34N4OS/c1-2-14-35(15-3-1)36-28-30-37(31-29-36)55-58-56(38-32-33-43-42-19-7-11-27-51(42)63-52(43)34-38)60-57(59-55)46-22-12-21-45-53-44(20-13-26-50(53)62-54(45)46)41-18-6-10-25-49(41)61-47-23-8-4-16-39(47)40-17-5-9-24-48(40)61/h1-34H. The topological polar surface area (TPSA) is 56.7 Å². The van der Waals surface area contributed by atoms with Crippen LogP contribution in [0.2, 0.25) is 0 Å². The molecule has 0 aliphatic heterocycles. The predicted octanol–water partition coefficient (Wildman–Crippen LogP) is 15.6. The molecule has 4 aromatic heterocycles. The normalized spacial score (nSPS) is 11.8. The molecule has 9 aromatic carbocycles. The van der Waals surface area contributed by atoms with Gasteiger partial charge < -0.3 is 8.98 Å². The monoisotopic (exact) mass is 822 g/mol. The summed E-state index contributed by atoms with van der Waals surface area (Å²) in [6, 6.07) is 72.6. The molecule has 63 heavy (non-hydrogen) atoms. The number of rotatable bonds is 6. The zero-order valence-corrected chi connectivity index (χ0v) is 34.6. The van der Waals surface area contributed by atoms with Crippen LogP contribution < -0.4 is 0 Å². The first-order valence-electron chi connectivity index (χ1n) is 21.1. The predicted molar refractivity (Wildman–Crippen MR) is 262 cm³/mol. The van der Waals surface area contributed by atoms with Crippen LogP contribution in [0.15, 0.2) is 211 Å². The van der Waals surface area contributed by atoms with Crippen molar-refractivity contribution in [2.24, 2.45) is 0 Å². The number of para-hydroxylation sites is 4. The molecule has 13 rings (SSSR count). The Labute approximate surface area is 365 Å². The summed E-state index contributed by atoms with van der Waals surface area (Å²) >= 11 is 1.79. The Balaban J connectivity index is 1.00. The fraction of sp³-hybridized carbons (Fsp3) is 0. The molecule has 0 unspecified atom stereocenters. The number of fused-ring (bicyclic) bond motifs is 9. The molecule has 6 heteroatoms. The third-order valence-electron chi connectivity index (χ3n) is 12.3. The summed E-state index contributed by atoms with van der Waals surface area (Å²) in [5, 5.41) is 6.99. The van der Waals surface area contributed by atoms with Crippen LogP contribution >= 0.6 is 11.3 Å². The maximum Gasteiger partial charge on any atom is 0.167 e. The van der Waals surface area contributed by atoms with E-state index in [-0.39, 0.29) is 0 Å². The molecule has 0 N–H and O–H groups in total. The summed E-state index contributed by atoms with van der Waals surface area (Å²) in [5.41, 5.74) is 12.1. The molecule has 0 radical (unpaired) electrons. The molecular formula is C57H34N4OS. The fourth-order valence-corrected chi connectivity index (χ4v) is 10.5. The van der Waals surface area contributed by atoms with E-state index in [4.69, 9.17) is 19.4 Å². The second-order valence-electron chi connectivity index (χ2n) is 15.9. The van der Waals surface area contributed by atoms with Gasteiger partial charge in [0.15, 0.2) is 17.5 Å². The van der Waals surface area contributed by atoms with E-state index in [9.17, 15) is 0 Å². The van der Waals surface area contributed by atoms with Crippen LogP contribution in [0.3, 0.4) is 0 Å². The number of thiophene rings is 1. The molecule has 0 spiro atoms. The lowest BCUT2D eigenvalue weighted by molar-refractivity contribution is 0.669.